The van der Waals surface area contributed by atoms with Gasteiger partial charge in [0.15, 0.2) is 0 Å². The van der Waals surface area contributed by atoms with E-state index in [1.807, 2.05) is 0 Å². The molecule has 0 aromatic carbocycles. The quantitative estimate of drug-likeness (QED) is 0.819. The molecule has 3 rings (SSSR count). The zero-order chi connectivity index (χ0) is 10.3. The van der Waals surface area contributed by atoms with E-state index in [0.29, 0.717) is 6.04 Å². The summed E-state index contributed by atoms with van der Waals surface area (Å²) in [6.07, 6.45) is 6.65. The summed E-state index contributed by atoms with van der Waals surface area (Å²) in [4.78, 5) is 4.05. The first-order valence-electron chi connectivity index (χ1n) is 5.71. The molecule has 0 spiro atoms. The molecule has 3 heteroatoms. The maximum absolute atomic E-state index is 12.7. The standard InChI is InChI=1S/C12H15FN2/c13-10-5-6-11(14-7-10)15-12(8-1-2-8)9-3-4-9/h5-9,12H,1-4H2,(H,14,15). The third-order valence-electron chi connectivity index (χ3n) is 3.30. The van der Waals surface area contributed by atoms with Crippen molar-refractivity contribution in [1.82, 2.24) is 4.98 Å². The van der Waals surface area contributed by atoms with E-state index in [1.54, 1.807) is 6.07 Å². The Balaban J connectivity index is 1.69. The number of pyridine rings is 1. The molecule has 1 N–H and O–H groups in total. The zero-order valence-corrected chi connectivity index (χ0v) is 8.62. The SMILES string of the molecule is Fc1ccc(NC(C2CC2)C2CC2)nc1. The van der Waals surface area contributed by atoms with Gasteiger partial charge >= 0.3 is 0 Å². The van der Waals surface area contributed by atoms with Gasteiger partial charge in [0.05, 0.1) is 6.20 Å². The Morgan fingerprint density at radius 1 is 1.20 bits per heavy atom. The number of hydrogen-bond acceptors (Lipinski definition) is 2. The molecule has 0 radical (unpaired) electrons. The predicted molar refractivity (Wildman–Crippen MR) is 57.1 cm³/mol. The Bertz CT molecular complexity index is 329. The van der Waals surface area contributed by atoms with Crippen molar-refractivity contribution in [2.24, 2.45) is 11.8 Å². The van der Waals surface area contributed by atoms with Crippen LogP contribution in [0.15, 0.2) is 18.3 Å². The van der Waals surface area contributed by atoms with Crippen LogP contribution in [0, 0.1) is 17.7 Å². The summed E-state index contributed by atoms with van der Waals surface area (Å²) < 4.78 is 12.7. The minimum atomic E-state index is -0.269. The fraction of sp³-hybridized carbons (Fsp3) is 0.583. The summed E-state index contributed by atoms with van der Waals surface area (Å²) in [6.45, 7) is 0. The Morgan fingerprint density at radius 3 is 2.33 bits per heavy atom. The summed E-state index contributed by atoms with van der Waals surface area (Å²) in [6, 6.07) is 3.78. The normalized spacial score (nSPS) is 20.7. The molecule has 0 aliphatic heterocycles. The third-order valence-corrected chi connectivity index (χ3v) is 3.30. The smallest absolute Gasteiger partial charge is 0.141 e. The number of halogens is 1. The average Bonchev–Trinajstić information content (AvgIpc) is 3.11. The van der Waals surface area contributed by atoms with Crippen molar-refractivity contribution in [3.05, 3.63) is 24.1 Å². The largest absolute Gasteiger partial charge is 0.367 e. The Labute approximate surface area is 88.9 Å². The first-order valence-corrected chi connectivity index (χ1v) is 5.71. The van der Waals surface area contributed by atoms with E-state index in [-0.39, 0.29) is 5.82 Å². The van der Waals surface area contributed by atoms with Gasteiger partial charge in [-0.3, -0.25) is 0 Å². The molecule has 2 fully saturated rings. The molecule has 80 valence electrons. The molecule has 0 unspecified atom stereocenters. The van der Waals surface area contributed by atoms with E-state index < -0.39 is 0 Å². The molecule has 2 aliphatic rings. The van der Waals surface area contributed by atoms with Crippen LogP contribution < -0.4 is 5.32 Å². The van der Waals surface area contributed by atoms with Crippen LogP contribution in [0.3, 0.4) is 0 Å². The minimum Gasteiger partial charge on any atom is -0.367 e. The molecule has 1 heterocycles. The lowest BCUT2D eigenvalue weighted by molar-refractivity contribution is 0.564. The number of hydrogen-bond donors (Lipinski definition) is 1. The molecule has 0 saturated heterocycles. The number of nitrogens with one attached hydrogen (secondary N) is 1. The molecule has 0 atom stereocenters. The number of rotatable bonds is 4. The Morgan fingerprint density at radius 2 is 1.87 bits per heavy atom. The predicted octanol–water partition coefficient (Wildman–Crippen LogP) is 2.82. The molecule has 1 aromatic rings. The van der Waals surface area contributed by atoms with Crippen molar-refractivity contribution in [2.45, 2.75) is 31.7 Å². The van der Waals surface area contributed by atoms with Crippen molar-refractivity contribution >= 4 is 5.82 Å². The second-order valence-electron chi connectivity index (χ2n) is 4.71. The maximum Gasteiger partial charge on any atom is 0.141 e. The molecule has 15 heavy (non-hydrogen) atoms. The summed E-state index contributed by atoms with van der Waals surface area (Å²) in [5.74, 6) is 2.23. The molecule has 1 aromatic heterocycles. The topological polar surface area (TPSA) is 24.9 Å². The van der Waals surface area contributed by atoms with Gasteiger partial charge in [-0.1, -0.05) is 0 Å². The summed E-state index contributed by atoms with van der Waals surface area (Å²) in [5, 5.41) is 3.45. The molecule has 0 amide bonds. The van der Waals surface area contributed by atoms with E-state index in [9.17, 15) is 4.39 Å². The average molecular weight is 206 g/mol. The van der Waals surface area contributed by atoms with Gasteiger partial charge in [0.2, 0.25) is 0 Å². The molecule has 2 saturated carbocycles. The molecule has 2 aliphatic carbocycles. The number of anilines is 1. The van der Waals surface area contributed by atoms with Crippen molar-refractivity contribution in [2.75, 3.05) is 5.32 Å². The van der Waals surface area contributed by atoms with Crippen LogP contribution in [0.25, 0.3) is 0 Å². The number of aromatic nitrogens is 1. The van der Waals surface area contributed by atoms with E-state index in [0.717, 1.165) is 17.7 Å². The summed E-state index contributed by atoms with van der Waals surface area (Å²) in [7, 11) is 0. The maximum atomic E-state index is 12.7. The van der Waals surface area contributed by atoms with Crippen molar-refractivity contribution in [1.29, 1.82) is 0 Å². The van der Waals surface area contributed by atoms with Gasteiger partial charge in [-0.25, -0.2) is 9.37 Å². The van der Waals surface area contributed by atoms with Crippen LogP contribution >= 0.6 is 0 Å². The molecular weight excluding hydrogens is 191 g/mol. The lowest BCUT2D eigenvalue weighted by atomic mass is 10.1. The second kappa shape index (κ2) is 3.47. The monoisotopic (exact) mass is 206 g/mol. The van der Waals surface area contributed by atoms with Crippen LogP contribution in [0.4, 0.5) is 10.2 Å². The van der Waals surface area contributed by atoms with Crippen molar-refractivity contribution in [3.63, 3.8) is 0 Å². The van der Waals surface area contributed by atoms with Crippen LogP contribution in [0.2, 0.25) is 0 Å². The Hall–Kier alpha value is -1.12. The zero-order valence-electron chi connectivity index (χ0n) is 8.62. The van der Waals surface area contributed by atoms with Crippen LogP contribution in [-0.2, 0) is 0 Å². The fourth-order valence-electron chi connectivity index (χ4n) is 2.16. The summed E-state index contributed by atoms with van der Waals surface area (Å²) >= 11 is 0. The van der Waals surface area contributed by atoms with E-state index in [2.05, 4.69) is 10.3 Å². The second-order valence-corrected chi connectivity index (χ2v) is 4.71. The highest BCUT2D eigenvalue weighted by atomic mass is 19.1. The van der Waals surface area contributed by atoms with Gasteiger partial charge < -0.3 is 5.32 Å². The molecule has 0 bridgehead atoms. The highest BCUT2D eigenvalue weighted by Gasteiger charge is 2.41. The highest BCUT2D eigenvalue weighted by molar-refractivity contribution is 5.36. The Kier molecular flexibility index (Phi) is 2.11. The lowest BCUT2D eigenvalue weighted by Gasteiger charge is -2.17. The molecule has 2 nitrogen and oxygen atoms in total. The lowest BCUT2D eigenvalue weighted by Crippen LogP contribution is -2.24. The van der Waals surface area contributed by atoms with Crippen LogP contribution in [-0.4, -0.2) is 11.0 Å². The van der Waals surface area contributed by atoms with Gasteiger partial charge in [0.1, 0.15) is 11.6 Å². The van der Waals surface area contributed by atoms with Gasteiger partial charge in [-0.05, 0) is 49.7 Å². The third kappa shape index (κ3) is 2.11. The van der Waals surface area contributed by atoms with Crippen molar-refractivity contribution in [3.8, 4) is 0 Å². The first-order chi connectivity index (χ1) is 7.33. The van der Waals surface area contributed by atoms with E-state index in [1.165, 1.54) is 37.9 Å². The van der Waals surface area contributed by atoms with Crippen LogP contribution in [0.5, 0.6) is 0 Å². The fourth-order valence-corrected chi connectivity index (χ4v) is 2.16. The van der Waals surface area contributed by atoms with Gasteiger partial charge in [-0.2, -0.15) is 0 Å². The minimum absolute atomic E-state index is 0.269. The number of nitrogens with zero attached hydrogens (tertiary/aromatic N) is 1. The molecular formula is C12H15FN2. The van der Waals surface area contributed by atoms with Gasteiger partial charge in [0, 0.05) is 6.04 Å². The first kappa shape index (κ1) is 9.13. The van der Waals surface area contributed by atoms with Gasteiger partial charge in [-0.15, -0.1) is 0 Å². The van der Waals surface area contributed by atoms with E-state index >= 15 is 0 Å². The van der Waals surface area contributed by atoms with Crippen molar-refractivity contribution < 1.29 is 4.39 Å². The van der Waals surface area contributed by atoms with Crippen LogP contribution in [0.1, 0.15) is 25.7 Å². The van der Waals surface area contributed by atoms with Gasteiger partial charge in [0.25, 0.3) is 0 Å². The highest BCUT2D eigenvalue weighted by Crippen LogP contribution is 2.45. The van der Waals surface area contributed by atoms with E-state index in [4.69, 9.17) is 0 Å². The summed E-state index contributed by atoms with van der Waals surface area (Å²) in [5.41, 5.74) is 0.